The van der Waals surface area contributed by atoms with Crippen molar-refractivity contribution in [3.8, 4) is 5.75 Å². The van der Waals surface area contributed by atoms with Crippen LogP contribution in [0.5, 0.6) is 5.75 Å². The van der Waals surface area contributed by atoms with Gasteiger partial charge in [-0.2, -0.15) is 0 Å². The minimum absolute atomic E-state index is 0.0426. The van der Waals surface area contributed by atoms with Crippen molar-refractivity contribution in [2.24, 2.45) is 5.92 Å². The molecule has 1 unspecified atom stereocenters. The first-order valence-corrected chi connectivity index (χ1v) is 6.90. The summed E-state index contributed by atoms with van der Waals surface area (Å²) in [6.45, 7) is 2.60. The van der Waals surface area contributed by atoms with Crippen molar-refractivity contribution in [2.45, 2.75) is 12.8 Å². The number of anilines is 3. The number of benzene rings is 1. The molecule has 2 heterocycles. The maximum Gasteiger partial charge on any atom is 0.262 e. The molecule has 1 aromatic carbocycles. The molecule has 6 heteroatoms. The van der Waals surface area contributed by atoms with Crippen molar-refractivity contribution in [3.63, 3.8) is 0 Å². The molecule has 0 bridgehead atoms. The Morgan fingerprint density at radius 3 is 3.15 bits per heavy atom. The molecule has 0 radical (unpaired) electrons. The zero-order chi connectivity index (χ0) is 13.9. The van der Waals surface area contributed by atoms with Gasteiger partial charge in [-0.15, -0.1) is 0 Å². The highest BCUT2D eigenvalue weighted by Gasteiger charge is 2.18. The number of ether oxygens (including phenoxy) is 2. The minimum Gasteiger partial charge on any atom is -0.482 e. The van der Waals surface area contributed by atoms with E-state index in [0.717, 1.165) is 38.3 Å². The van der Waals surface area contributed by atoms with Crippen LogP contribution in [0.3, 0.4) is 0 Å². The Bertz CT molecular complexity index is 513. The fraction of sp³-hybridized carbons (Fsp3) is 0.500. The van der Waals surface area contributed by atoms with Crippen LogP contribution in [0, 0.1) is 5.92 Å². The van der Waals surface area contributed by atoms with E-state index in [1.807, 2.05) is 6.07 Å². The molecule has 108 valence electrons. The summed E-state index contributed by atoms with van der Waals surface area (Å²) in [6, 6.07) is 3.57. The van der Waals surface area contributed by atoms with Crippen LogP contribution >= 0.6 is 0 Å². The monoisotopic (exact) mass is 277 g/mol. The Balaban J connectivity index is 1.63. The highest BCUT2D eigenvalue weighted by Crippen LogP contribution is 2.35. The second-order valence-electron chi connectivity index (χ2n) is 5.22. The predicted octanol–water partition coefficient (Wildman–Crippen LogP) is 1.44. The van der Waals surface area contributed by atoms with Gasteiger partial charge in [0.25, 0.3) is 5.91 Å². The minimum atomic E-state index is -0.142. The van der Waals surface area contributed by atoms with E-state index in [9.17, 15) is 4.79 Å². The standard InChI is InChI=1S/C14H19N3O3/c15-10-5-13-12(17-14(18)8-20-13)6-11(10)16-3-1-9-2-4-19-7-9/h5-6,9,16H,1-4,7-8,15H2,(H,17,18). The van der Waals surface area contributed by atoms with Gasteiger partial charge in [-0.1, -0.05) is 0 Å². The van der Waals surface area contributed by atoms with Crippen molar-refractivity contribution in [1.82, 2.24) is 0 Å². The molecule has 0 aromatic heterocycles. The summed E-state index contributed by atoms with van der Waals surface area (Å²) < 4.78 is 10.7. The van der Waals surface area contributed by atoms with Crippen molar-refractivity contribution in [2.75, 3.05) is 42.7 Å². The molecule has 1 aromatic rings. The lowest BCUT2D eigenvalue weighted by Gasteiger charge is -2.20. The lowest BCUT2D eigenvalue weighted by atomic mass is 10.1. The van der Waals surface area contributed by atoms with Crippen LogP contribution in [0.15, 0.2) is 12.1 Å². The summed E-state index contributed by atoms with van der Waals surface area (Å²) >= 11 is 0. The Morgan fingerprint density at radius 2 is 2.35 bits per heavy atom. The first-order chi connectivity index (χ1) is 9.72. The summed E-state index contributed by atoms with van der Waals surface area (Å²) in [5, 5.41) is 6.10. The van der Waals surface area contributed by atoms with E-state index in [1.54, 1.807) is 6.07 Å². The Labute approximate surface area is 117 Å². The van der Waals surface area contributed by atoms with Crippen LogP contribution in [0.2, 0.25) is 0 Å². The lowest BCUT2D eigenvalue weighted by molar-refractivity contribution is -0.118. The number of carbonyl (C=O) groups excluding carboxylic acids is 1. The molecule has 3 rings (SSSR count). The molecule has 1 fully saturated rings. The molecular weight excluding hydrogens is 258 g/mol. The van der Waals surface area contributed by atoms with Crippen LogP contribution in [-0.4, -0.2) is 32.3 Å². The molecule has 4 N–H and O–H groups in total. The molecule has 0 spiro atoms. The summed E-state index contributed by atoms with van der Waals surface area (Å²) in [7, 11) is 0. The van der Waals surface area contributed by atoms with Gasteiger partial charge < -0.3 is 25.8 Å². The van der Waals surface area contributed by atoms with Crippen LogP contribution in [-0.2, 0) is 9.53 Å². The SMILES string of the molecule is Nc1cc2c(cc1NCCC1CCOC1)NC(=O)CO2. The van der Waals surface area contributed by atoms with E-state index >= 15 is 0 Å². The van der Waals surface area contributed by atoms with Crippen LogP contribution < -0.4 is 21.1 Å². The molecule has 1 atom stereocenters. The van der Waals surface area contributed by atoms with Gasteiger partial charge in [0, 0.05) is 25.8 Å². The average molecular weight is 277 g/mol. The van der Waals surface area contributed by atoms with E-state index in [0.29, 0.717) is 23.0 Å². The number of nitrogen functional groups attached to an aromatic ring is 1. The number of carbonyl (C=O) groups is 1. The number of hydrogen-bond donors (Lipinski definition) is 3. The fourth-order valence-corrected chi connectivity index (χ4v) is 2.52. The highest BCUT2D eigenvalue weighted by molar-refractivity contribution is 5.97. The maximum atomic E-state index is 11.3. The maximum absolute atomic E-state index is 11.3. The quantitative estimate of drug-likeness (QED) is 0.725. The van der Waals surface area contributed by atoms with Gasteiger partial charge >= 0.3 is 0 Å². The van der Waals surface area contributed by atoms with Crippen molar-refractivity contribution < 1.29 is 14.3 Å². The van der Waals surface area contributed by atoms with E-state index < -0.39 is 0 Å². The zero-order valence-electron chi connectivity index (χ0n) is 11.3. The first kappa shape index (κ1) is 13.1. The summed E-state index contributed by atoms with van der Waals surface area (Å²) in [4.78, 5) is 11.3. The Hall–Kier alpha value is -1.95. The molecule has 6 nitrogen and oxygen atoms in total. The smallest absolute Gasteiger partial charge is 0.262 e. The molecule has 0 aliphatic carbocycles. The summed E-state index contributed by atoms with van der Waals surface area (Å²) in [5.74, 6) is 1.11. The van der Waals surface area contributed by atoms with Crippen LogP contribution in [0.25, 0.3) is 0 Å². The van der Waals surface area contributed by atoms with E-state index in [-0.39, 0.29) is 12.5 Å². The number of amides is 1. The van der Waals surface area contributed by atoms with Crippen LogP contribution in [0.4, 0.5) is 17.1 Å². The Kier molecular flexibility index (Phi) is 3.64. The molecular formula is C14H19N3O3. The van der Waals surface area contributed by atoms with Gasteiger partial charge in [0.2, 0.25) is 0 Å². The topological polar surface area (TPSA) is 85.6 Å². The summed E-state index contributed by atoms with van der Waals surface area (Å²) in [6.07, 6.45) is 2.19. The zero-order valence-corrected chi connectivity index (χ0v) is 11.3. The van der Waals surface area contributed by atoms with E-state index in [1.165, 1.54) is 0 Å². The second-order valence-corrected chi connectivity index (χ2v) is 5.22. The van der Waals surface area contributed by atoms with Gasteiger partial charge in [0.15, 0.2) is 6.61 Å². The number of fused-ring (bicyclic) bond motifs is 1. The number of nitrogens with two attached hydrogens (primary N) is 1. The Morgan fingerprint density at radius 1 is 1.45 bits per heavy atom. The van der Waals surface area contributed by atoms with E-state index in [4.69, 9.17) is 15.2 Å². The third-order valence-electron chi connectivity index (χ3n) is 3.68. The third-order valence-corrected chi connectivity index (χ3v) is 3.68. The molecule has 20 heavy (non-hydrogen) atoms. The summed E-state index contributed by atoms with van der Waals surface area (Å²) in [5.41, 5.74) is 8.12. The molecule has 2 aliphatic heterocycles. The molecule has 1 saturated heterocycles. The van der Waals surface area contributed by atoms with Crippen LogP contribution in [0.1, 0.15) is 12.8 Å². The van der Waals surface area contributed by atoms with Crippen molar-refractivity contribution >= 4 is 23.0 Å². The number of nitrogens with one attached hydrogen (secondary N) is 2. The number of rotatable bonds is 4. The average Bonchev–Trinajstić information content (AvgIpc) is 2.93. The second kappa shape index (κ2) is 5.58. The van der Waals surface area contributed by atoms with Gasteiger partial charge in [0.05, 0.1) is 17.1 Å². The fourth-order valence-electron chi connectivity index (χ4n) is 2.52. The molecule has 0 saturated carbocycles. The van der Waals surface area contributed by atoms with Gasteiger partial charge in [-0.3, -0.25) is 4.79 Å². The van der Waals surface area contributed by atoms with Crippen molar-refractivity contribution in [1.29, 1.82) is 0 Å². The van der Waals surface area contributed by atoms with Crippen molar-refractivity contribution in [3.05, 3.63) is 12.1 Å². The van der Waals surface area contributed by atoms with Gasteiger partial charge in [0.1, 0.15) is 5.75 Å². The largest absolute Gasteiger partial charge is 0.482 e. The molecule has 1 amide bonds. The van der Waals surface area contributed by atoms with E-state index in [2.05, 4.69) is 10.6 Å². The molecule has 2 aliphatic rings. The highest BCUT2D eigenvalue weighted by atomic mass is 16.5. The number of hydrogen-bond acceptors (Lipinski definition) is 5. The first-order valence-electron chi connectivity index (χ1n) is 6.90. The van der Waals surface area contributed by atoms with Gasteiger partial charge in [-0.25, -0.2) is 0 Å². The van der Waals surface area contributed by atoms with Gasteiger partial charge in [-0.05, 0) is 24.8 Å². The third kappa shape index (κ3) is 2.80. The predicted molar refractivity (Wildman–Crippen MR) is 77.0 cm³/mol. The lowest BCUT2D eigenvalue weighted by Crippen LogP contribution is -2.25. The normalized spacial score (nSPS) is 21.0.